The van der Waals surface area contributed by atoms with Gasteiger partial charge in [-0.25, -0.2) is 0 Å². The zero-order chi connectivity index (χ0) is 8.10. The lowest BCUT2D eigenvalue weighted by Gasteiger charge is -2.03. The van der Waals surface area contributed by atoms with Crippen LogP contribution in [0.1, 0.15) is 12.5 Å². The molecule has 0 aromatic carbocycles. The Bertz CT molecular complexity index is 229. The predicted molar refractivity (Wildman–Crippen MR) is 45.9 cm³/mol. The van der Waals surface area contributed by atoms with Crippen LogP contribution in [0.25, 0.3) is 0 Å². The van der Waals surface area contributed by atoms with Crippen LogP contribution in [-0.2, 0) is 6.54 Å². The van der Waals surface area contributed by atoms with E-state index in [9.17, 15) is 0 Å². The highest BCUT2D eigenvalue weighted by molar-refractivity contribution is 5.09. The average Bonchev–Trinajstić information content (AvgIpc) is 2.03. The van der Waals surface area contributed by atoms with Gasteiger partial charge >= 0.3 is 0 Å². The normalized spacial score (nSPS) is 9.18. The molecular formula is C9H12N2. The smallest absolute Gasteiger partial charge is 0.0412 e. The van der Waals surface area contributed by atoms with Gasteiger partial charge in [0.15, 0.2) is 0 Å². The van der Waals surface area contributed by atoms with Gasteiger partial charge < -0.3 is 5.32 Å². The van der Waals surface area contributed by atoms with E-state index in [4.69, 9.17) is 0 Å². The molecule has 1 N–H and O–H groups in total. The van der Waals surface area contributed by atoms with Crippen LogP contribution in [0.4, 0.5) is 0 Å². The minimum absolute atomic E-state index is 0.809. The highest BCUT2D eigenvalue weighted by Gasteiger charge is 1.88. The van der Waals surface area contributed by atoms with Crippen LogP contribution in [0.2, 0.25) is 0 Å². The molecule has 0 saturated heterocycles. The number of aromatic nitrogens is 1. The van der Waals surface area contributed by atoms with E-state index in [0.717, 1.165) is 12.2 Å². The maximum Gasteiger partial charge on any atom is 0.0412 e. The fourth-order valence-electron chi connectivity index (χ4n) is 0.756. The average molecular weight is 148 g/mol. The van der Waals surface area contributed by atoms with Crippen molar-refractivity contribution in [3.8, 4) is 0 Å². The third-order valence-corrected chi connectivity index (χ3v) is 1.32. The standard InChI is InChI=1S/C9H12N2/c1-8(2)11-7-9-4-3-5-10-6-9/h3-6,11H,1,7H2,2H3. The minimum Gasteiger partial charge on any atom is -0.385 e. The Hall–Kier alpha value is -1.31. The Morgan fingerprint density at radius 1 is 1.73 bits per heavy atom. The van der Waals surface area contributed by atoms with Crippen LogP contribution in [0.3, 0.4) is 0 Å². The molecule has 0 radical (unpaired) electrons. The van der Waals surface area contributed by atoms with Crippen LogP contribution in [0.15, 0.2) is 36.8 Å². The van der Waals surface area contributed by atoms with Crippen LogP contribution in [0, 0.1) is 0 Å². The number of nitrogens with one attached hydrogen (secondary N) is 1. The van der Waals surface area contributed by atoms with E-state index in [1.807, 2.05) is 25.3 Å². The van der Waals surface area contributed by atoms with Crippen molar-refractivity contribution >= 4 is 0 Å². The highest BCUT2D eigenvalue weighted by Crippen LogP contribution is 1.95. The Balaban J connectivity index is 2.45. The summed E-state index contributed by atoms with van der Waals surface area (Å²) in [6.45, 7) is 6.49. The topological polar surface area (TPSA) is 24.9 Å². The Kier molecular flexibility index (Phi) is 2.66. The number of pyridine rings is 1. The molecule has 0 unspecified atom stereocenters. The summed E-state index contributed by atoms with van der Waals surface area (Å²) in [6.07, 6.45) is 3.61. The molecule has 1 rings (SSSR count). The maximum absolute atomic E-state index is 3.99. The van der Waals surface area contributed by atoms with E-state index in [1.54, 1.807) is 6.20 Å². The quantitative estimate of drug-likeness (QED) is 0.705. The van der Waals surface area contributed by atoms with Crippen molar-refractivity contribution in [2.45, 2.75) is 13.5 Å². The van der Waals surface area contributed by atoms with E-state index in [0.29, 0.717) is 0 Å². The summed E-state index contributed by atoms with van der Waals surface area (Å²) < 4.78 is 0. The number of nitrogens with zero attached hydrogens (tertiary/aromatic N) is 1. The van der Waals surface area contributed by atoms with Crippen LogP contribution < -0.4 is 5.32 Å². The number of rotatable bonds is 3. The Morgan fingerprint density at radius 3 is 3.09 bits per heavy atom. The number of hydrogen-bond acceptors (Lipinski definition) is 2. The van der Waals surface area contributed by atoms with Crippen molar-refractivity contribution in [3.63, 3.8) is 0 Å². The van der Waals surface area contributed by atoms with Crippen molar-refractivity contribution in [1.82, 2.24) is 10.3 Å². The summed E-state index contributed by atoms with van der Waals surface area (Å²) in [5.41, 5.74) is 2.16. The third-order valence-electron chi connectivity index (χ3n) is 1.32. The molecule has 0 aliphatic rings. The van der Waals surface area contributed by atoms with Crippen molar-refractivity contribution in [2.75, 3.05) is 0 Å². The number of hydrogen-bond donors (Lipinski definition) is 1. The van der Waals surface area contributed by atoms with Gasteiger partial charge in [0, 0.05) is 24.6 Å². The molecule has 1 aromatic rings. The third kappa shape index (κ3) is 2.85. The second-order valence-corrected chi connectivity index (χ2v) is 2.50. The monoisotopic (exact) mass is 148 g/mol. The fraction of sp³-hybridized carbons (Fsp3) is 0.222. The molecule has 2 nitrogen and oxygen atoms in total. The summed E-state index contributed by atoms with van der Waals surface area (Å²) in [5.74, 6) is 0. The van der Waals surface area contributed by atoms with Gasteiger partial charge in [-0.15, -0.1) is 0 Å². The van der Waals surface area contributed by atoms with Gasteiger partial charge in [-0.3, -0.25) is 4.98 Å². The van der Waals surface area contributed by atoms with Gasteiger partial charge in [0.1, 0.15) is 0 Å². The second-order valence-electron chi connectivity index (χ2n) is 2.50. The Morgan fingerprint density at radius 2 is 2.55 bits per heavy atom. The van der Waals surface area contributed by atoms with Gasteiger partial charge in [-0.05, 0) is 18.6 Å². The molecule has 0 aliphatic carbocycles. The molecule has 0 aliphatic heterocycles. The molecule has 11 heavy (non-hydrogen) atoms. The summed E-state index contributed by atoms with van der Waals surface area (Å²) in [5, 5.41) is 3.13. The molecule has 0 bridgehead atoms. The highest BCUT2D eigenvalue weighted by atomic mass is 14.9. The lowest BCUT2D eigenvalue weighted by molar-refractivity contribution is 0.811. The minimum atomic E-state index is 0.809. The first-order valence-electron chi connectivity index (χ1n) is 3.57. The molecule has 0 amide bonds. The lowest BCUT2D eigenvalue weighted by atomic mass is 10.3. The van der Waals surface area contributed by atoms with E-state index in [1.165, 1.54) is 5.56 Å². The molecule has 0 fully saturated rings. The zero-order valence-electron chi connectivity index (χ0n) is 6.67. The fourth-order valence-corrected chi connectivity index (χ4v) is 0.756. The van der Waals surface area contributed by atoms with Crippen LogP contribution in [-0.4, -0.2) is 4.98 Å². The zero-order valence-corrected chi connectivity index (χ0v) is 6.67. The predicted octanol–water partition coefficient (Wildman–Crippen LogP) is 1.70. The summed E-state index contributed by atoms with van der Waals surface area (Å²) >= 11 is 0. The van der Waals surface area contributed by atoms with E-state index < -0.39 is 0 Å². The summed E-state index contributed by atoms with van der Waals surface area (Å²) in [4.78, 5) is 3.99. The first-order chi connectivity index (χ1) is 5.29. The molecule has 0 saturated carbocycles. The van der Waals surface area contributed by atoms with Crippen molar-refractivity contribution in [3.05, 3.63) is 42.4 Å². The van der Waals surface area contributed by atoms with E-state index in [-0.39, 0.29) is 0 Å². The van der Waals surface area contributed by atoms with Crippen LogP contribution in [0.5, 0.6) is 0 Å². The van der Waals surface area contributed by atoms with Gasteiger partial charge in [0.05, 0.1) is 0 Å². The molecule has 58 valence electrons. The molecule has 0 atom stereocenters. The van der Waals surface area contributed by atoms with Crippen molar-refractivity contribution in [1.29, 1.82) is 0 Å². The van der Waals surface area contributed by atoms with E-state index >= 15 is 0 Å². The summed E-state index contributed by atoms with van der Waals surface area (Å²) in [6, 6.07) is 3.96. The first-order valence-corrected chi connectivity index (χ1v) is 3.57. The first kappa shape index (κ1) is 7.79. The second kappa shape index (κ2) is 3.76. The number of allylic oxidation sites excluding steroid dienone is 1. The van der Waals surface area contributed by atoms with Gasteiger partial charge in [-0.1, -0.05) is 12.6 Å². The SMILES string of the molecule is C=C(C)NCc1cccnc1. The Labute approximate surface area is 67.0 Å². The van der Waals surface area contributed by atoms with Gasteiger partial charge in [-0.2, -0.15) is 0 Å². The molecule has 1 aromatic heterocycles. The largest absolute Gasteiger partial charge is 0.385 e. The van der Waals surface area contributed by atoms with Gasteiger partial charge in [0.2, 0.25) is 0 Å². The van der Waals surface area contributed by atoms with Gasteiger partial charge in [0.25, 0.3) is 0 Å². The maximum atomic E-state index is 3.99. The molecule has 1 heterocycles. The molecular weight excluding hydrogens is 136 g/mol. The van der Waals surface area contributed by atoms with Crippen LogP contribution >= 0.6 is 0 Å². The molecule has 0 spiro atoms. The van der Waals surface area contributed by atoms with E-state index in [2.05, 4.69) is 16.9 Å². The van der Waals surface area contributed by atoms with Crippen molar-refractivity contribution in [2.24, 2.45) is 0 Å². The van der Waals surface area contributed by atoms with Crippen molar-refractivity contribution < 1.29 is 0 Å². The lowest BCUT2D eigenvalue weighted by Crippen LogP contribution is -2.09. The molecule has 2 heteroatoms. The summed E-state index contributed by atoms with van der Waals surface area (Å²) in [7, 11) is 0.